The minimum atomic E-state index is 0.478. The number of rotatable bonds is 6. The standard InChI is InChI=1S/C19H15N3O2S/c1-2-5-15-12-17(8-7-14(15)4-1)23-10-11-25-19-22-21-18(24-19)16-6-3-9-20-13-16/h1-9,12-13H,10-11H2. The molecule has 0 aliphatic carbocycles. The van der Waals surface area contributed by atoms with E-state index in [9.17, 15) is 0 Å². The number of hydrogen-bond acceptors (Lipinski definition) is 6. The molecule has 2 aromatic carbocycles. The van der Waals surface area contributed by atoms with Gasteiger partial charge in [-0.3, -0.25) is 4.98 Å². The van der Waals surface area contributed by atoms with Crippen molar-refractivity contribution in [2.24, 2.45) is 0 Å². The first-order valence-electron chi connectivity index (χ1n) is 7.87. The van der Waals surface area contributed by atoms with Gasteiger partial charge in [0.2, 0.25) is 5.89 Å². The molecular formula is C19H15N3O2S. The molecule has 0 saturated carbocycles. The van der Waals surface area contributed by atoms with E-state index in [-0.39, 0.29) is 0 Å². The normalized spacial score (nSPS) is 10.9. The van der Waals surface area contributed by atoms with Gasteiger partial charge < -0.3 is 9.15 Å². The van der Waals surface area contributed by atoms with E-state index in [0.717, 1.165) is 17.1 Å². The first-order valence-corrected chi connectivity index (χ1v) is 8.85. The Balaban J connectivity index is 1.31. The number of thioether (sulfide) groups is 1. The second kappa shape index (κ2) is 7.36. The first-order chi connectivity index (χ1) is 12.4. The van der Waals surface area contributed by atoms with Crippen LogP contribution in [0.25, 0.3) is 22.2 Å². The Morgan fingerprint density at radius 2 is 1.88 bits per heavy atom. The van der Waals surface area contributed by atoms with Gasteiger partial charge in [0, 0.05) is 18.1 Å². The van der Waals surface area contributed by atoms with E-state index < -0.39 is 0 Å². The number of aromatic nitrogens is 3. The summed E-state index contributed by atoms with van der Waals surface area (Å²) in [5, 5.41) is 11.0. The Morgan fingerprint density at radius 3 is 2.76 bits per heavy atom. The maximum atomic E-state index is 5.81. The summed E-state index contributed by atoms with van der Waals surface area (Å²) in [6, 6.07) is 18.0. The average Bonchev–Trinajstić information content (AvgIpc) is 3.15. The third kappa shape index (κ3) is 3.80. The number of pyridine rings is 1. The summed E-state index contributed by atoms with van der Waals surface area (Å²) in [7, 11) is 0. The van der Waals surface area contributed by atoms with E-state index in [1.54, 1.807) is 12.4 Å². The third-order valence-electron chi connectivity index (χ3n) is 3.61. The van der Waals surface area contributed by atoms with Gasteiger partial charge >= 0.3 is 0 Å². The number of fused-ring (bicyclic) bond motifs is 1. The smallest absolute Gasteiger partial charge is 0.276 e. The Bertz CT molecular complexity index is 973. The molecule has 2 heterocycles. The number of nitrogens with zero attached hydrogens (tertiary/aromatic N) is 3. The van der Waals surface area contributed by atoms with Crippen molar-refractivity contribution in [3.63, 3.8) is 0 Å². The van der Waals surface area contributed by atoms with Crippen LogP contribution in [0.2, 0.25) is 0 Å². The van der Waals surface area contributed by atoms with E-state index in [2.05, 4.69) is 33.4 Å². The SMILES string of the molecule is c1cncc(-c2nnc(SCCOc3ccc4ccccc4c3)o2)c1. The van der Waals surface area contributed by atoms with Crippen LogP contribution in [0.4, 0.5) is 0 Å². The van der Waals surface area contributed by atoms with Crippen molar-refractivity contribution < 1.29 is 9.15 Å². The molecule has 0 N–H and O–H groups in total. The average molecular weight is 349 g/mol. The lowest BCUT2D eigenvalue weighted by molar-refractivity contribution is 0.343. The highest BCUT2D eigenvalue weighted by Crippen LogP contribution is 2.23. The van der Waals surface area contributed by atoms with Crippen LogP contribution >= 0.6 is 11.8 Å². The lowest BCUT2D eigenvalue weighted by Crippen LogP contribution is -1.99. The van der Waals surface area contributed by atoms with Crippen molar-refractivity contribution in [3.8, 4) is 17.2 Å². The van der Waals surface area contributed by atoms with E-state index in [1.807, 2.05) is 36.4 Å². The van der Waals surface area contributed by atoms with Crippen molar-refractivity contribution in [3.05, 3.63) is 67.0 Å². The number of ether oxygens (including phenoxy) is 1. The molecule has 0 amide bonds. The molecule has 0 aliphatic heterocycles. The van der Waals surface area contributed by atoms with Crippen molar-refractivity contribution in [1.82, 2.24) is 15.2 Å². The molecule has 0 radical (unpaired) electrons. The van der Waals surface area contributed by atoms with Gasteiger partial charge in [0.1, 0.15) is 5.75 Å². The molecule has 0 fully saturated rings. The molecule has 2 aromatic heterocycles. The topological polar surface area (TPSA) is 61.0 Å². The Labute approximate surface area is 149 Å². The molecule has 4 aromatic rings. The second-order valence-electron chi connectivity index (χ2n) is 5.32. The minimum Gasteiger partial charge on any atom is -0.493 e. The predicted octanol–water partition coefficient (Wildman–Crippen LogP) is 4.46. The zero-order valence-electron chi connectivity index (χ0n) is 13.3. The van der Waals surface area contributed by atoms with Crippen molar-refractivity contribution in [2.45, 2.75) is 5.22 Å². The molecule has 0 spiro atoms. The first kappa shape index (κ1) is 15.7. The molecule has 124 valence electrons. The van der Waals surface area contributed by atoms with Crippen LogP contribution in [0.3, 0.4) is 0 Å². The van der Waals surface area contributed by atoms with Crippen molar-refractivity contribution >= 4 is 22.5 Å². The summed E-state index contributed by atoms with van der Waals surface area (Å²) in [5.74, 6) is 2.06. The van der Waals surface area contributed by atoms with Gasteiger partial charge in [-0.05, 0) is 35.0 Å². The van der Waals surface area contributed by atoms with Gasteiger partial charge in [-0.25, -0.2) is 0 Å². The van der Waals surface area contributed by atoms with Gasteiger partial charge in [-0.15, -0.1) is 10.2 Å². The van der Waals surface area contributed by atoms with Gasteiger partial charge in [-0.1, -0.05) is 42.1 Å². The molecule has 0 unspecified atom stereocenters. The Hall–Kier alpha value is -2.86. The fraction of sp³-hybridized carbons (Fsp3) is 0.105. The van der Waals surface area contributed by atoms with Gasteiger partial charge in [-0.2, -0.15) is 0 Å². The van der Waals surface area contributed by atoms with E-state index in [4.69, 9.17) is 9.15 Å². The number of benzene rings is 2. The molecule has 0 saturated heterocycles. The van der Waals surface area contributed by atoms with Crippen LogP contribution in [0, 0.1) is 0 Å². The van der Waals surface area contributed by atoms with Crippen LogP contribution < -0.4 is 4.74 Å². The molecule has 0 aliphatic rings. The fourth-order valence-electron chi connectivity index (χ4n) is 2.42. The largest absolute Gasteiger partial charge is 0.493 e. The minimum absolute atomic E-state index is 0.478. The zero-order valence-corrected chi connectivity index (χ0v) is 14.1. The molecule has 6 heteroatoms. The van der Waals surface area contributed by atoms with Gasteiger partial charge in [0.25, 0.3) is 5.22 Å². The zero-order chi connectivity index (χ0) is 16.9. The summed E-state index contributed by atoms with van der Waals surface area (Å²) in [4.78, 5) is 4.05. The van der Waals surface area contributed by atoms with Crippen molar-refractivity contribution in [2.75, 3.05) is 12.4 Å². The van der Waals surface area contributed by atoms with E-state index in [1.165, 1.54) is 22.5 Å². The Morgan fingerprint density at radius 1 is 0.960 bits per heavy atom. The third-order valence-corrected chi connectivity index (χ3v) is 4.40. The van der Waals surface area contributed by atoms with E-state index in [0.29, 0.717) is 17.7 Å². The van der Waals surface area contributed by atoms with Crippen LogP contribution in [0.1, 0.15) is 0 Å². The highest BCUT2D eigenvalue weighted by Gasteiger charge is 2.08. The Kier molecular flexibility index (Phi) is 4.61. The monoisotopic (exact) mass is 349 g/mol. The molecule has 0 atom stereocenters. The molecule has 0 bridgehead atoms. The fourth-order valence-corrected chi connectivity index (χ4v) is 3.00. The summed E-state index contributed by atoms with van der Waals surface area (Å²) >= 11 is 1.47. The molecular weight excluding hydrogens is 334 g/mol. The predicted molar refractivity (Wildman–Crippen MR) is 97.7 cm³/mol. The molecule has 5 nitrogen and oxygen atoms in total. The second-order valence-corrected chi connectivity index (χ2v) is 6.37. The van der Waals surface area contributed by atoms with Crippen LogP contribution in [0.5, 0.6) is 5.75 Å². The summed E-state index contributed by atoms with van der Waals surface area (Å²) in [6.07, 6.45) is 3.41. The number of hydrogen-bond donors (Lipinski definition) is 0. The molecule has 4 rings (SSSR count). The van der Waals surface area contributed by atoms with Gasteiger partial charge in [0.05, 0.1) is 12.2 Å². The van der Waals surface area contributed by atoms with Gasteiger partial charge in [0.15, 0.2) is 0 Å². The maximum Gasteiger partial charge on any atom is 0.276 e. The summed E-state index contributed by atoms with van der Waals surface area (Å²) < 4.78 is 11.4. The quantitative estimate of drug-likeness (QED) is 0.378. The van der Waals surface area contributed by atoms with Crippen LogP contribution in [-0.4, -0.2) is 27.5 Å². The highest BCUT2D eigenvalue weighted by molar-refractivity contribution is 7.99. The highest BCUT2D eigenvalue weighted by atomic mass is 32.2. The van der Waals surface area contributed by atoms with Crippen LogP contribution in [-0.2, 0) is 0 Å². The van der Waals surface area contributed by atoms with Crippen LogP contribution in [0.15, 0.2) is 76.6 Å². The lowest BCUT2D eigenvalue weighted by Gasteiger charge is -2.06. The van der Waals surface area contributed by atoms with E-state index >= 15 is 0 Å². The maximum absolute atomic E-state index is 5.81. The molecule has 25 heavy (non-hydrogen) atoms. The lowest BCUT2D eigenvalue weighted by atomic mass is 10.1. The summed E-state index contributed by atoms with van der Waals surface area (Å²) in [5.41, 5.74) is 0.814. The summed E-state index contributed by atoms with van der Waals surface area (Å²) in [6.45, 7) is 0.563. The van der Waals surface area contributed by atoms with Crippen molar-refractivity contribution in [1.29, 1.82) is 0 Å².